The minimum absolute atomic E-state index is 0.838. The van der Waals surface area contributed by atoms with Crippen LogP contribution in [-0.2, 0) is 0 Å². The summed E-state index contributed by atoms with van der Waals surface area (Å²) in [6, 6.07) is 0. The van der Waals surface area contributed by atoms with Crippen molar-refractivity contribution in [2.75, 3.05) is 0 Å². The van der Waals surface area contributed by atoms with Crippen LogP contribution in [0.3, 0.4) is 0 Å². The Kier molecular flexibility index (Phi) is 5.38. The lowest BCUT2D eigenvalue weighted by Gasteiger charge is -2.17. The zero-order valence-corrected chi connectivity index (χ0v) is 7.56. The van der Waals surface area contributed by atoms with Gasteiger partial charge in [0.1, 0.15) is 0 Å². The van der Waals surface area contributed by atoms with Crippen molar-refractivity contribution in [3.05, 3.63) is 12.7 Å². The third-order valence-electron chi connectivity index (χ3n) is 2.21. The van der Waals surface area contributed by atoms with Gasteiger partial charge in [0.05, 0.1) is 0 Å². The van der Waals surface area contributed by atoms with Gasteiger partial charge in [-0.15, -0.1) is 6.58 Å². The fraction of sp³-hybridized carbons (Fsp3) is 0.800. The molecule has 0 aromatic carbocycles. The first kappa shape index (κ1) is 9.74. The van der Waals surface area contributed by atoms with Crippen LogP contribution in [-0.4, -0.2) is 0 Å². The summed E-state index contributed by atoms with van der Waals surface area (Å²) >= 11 is 0. The van der Waals surface area contributed by atoms with Crippen LogP contribution in [0.15, 0.2) is 12.7 Å². The lowest BCUT2D eigenvalue weighted by atomic mass is 9.89. The van der Waals surface area contributed by atoms with Crippen LogP contribution in [0.2, 0.25) is 0 Å². The van der Waals surface area contributed by atoms with Crippen LogP contribution in [0.1, 0.15) is 40.0 Å². The molecule has 0 aliphatic rings. The Hall–Kier alpha value is -0.260. The number of hydrogen-bond donors (Lipinski definition) is 0. The monoisotopic (exact) mass is 140 g/mol. The SMILES string of the molecule is C=CCC[C@@H](CC)C(C)C. The van der Waals surface area contributed by atoms with Gasteiger partial charge in [-0.25, -0.2) is 0 Å². The zero-order valence-electron chi connectivity index (χ0n) is 7.56. The molecule has 0 saturated heterocycles. The molecule has 0 heteroatoms. The van der Waals surface area contributed by atoms with Crippen LogP contribution >= 0.6 is 0 Å². The topological polar surface area (TPSA) is 0 Å². The van der Waals surface area contributed by atoms with Crippen LogP contribution < -0.4 is 0 Å². The first-order valence-corrected chi connectivity index (χ1v) is 4.33. The van der Waals surface area contributed by atoms with Crippen LogP contribution in [0.4, 0.5) is 0 Å². The Labute approximate surface area is 65.3 Å². The summed E-state index contributed by atoms with van der Waals surface area (Å²) in [6.45, 7) is 10.6. The molecule has 0 aliphatic heterocycles. The number of hydrogen-bond acceptors (Lipinski definition) is 0. The number of rotatable bonds is 5. The maximum Gasteiger partial charge on any atom is -0.0351 e. The quantitative estimate of drug-likeness (QED) is 0.511. The Morgan fingerprint density at radius 3 is 2.30 bits per heavy atom. The smallest absolute Gasteiger partial charge is 0.0351 e. The molecule has 1 atom stereocenters. The highest BCUT2D eigenvalue weighted by molar-refractivity contribution is 4.70. The van der Waals surface area contributed by atoms with Gasteiger partial charge in [0, 0.05) is 0 Å². The molecule has 0 aromatic heterocycles. The van der Waals surface area contributed by atoms with Crippen LogP contribution in [0.5, 0.6) is 0 Å². The summed E-state index contributed by atoms with van der Waals surface area (Å²) in [4.78, 5) is 0. The summed E-state index contributed by atoms with van der Waals surface area (Å²) in [5, 5.41) is 0. The fourth-order valence-corrected chi connectivity index (χ4v) is 1.34. The molecule has 60 valence electrons. The predicted molar refractivity (Wildman–Crippen MR) is 48.1 cm³/mol. The molecule has 0 saturated carbocycles. The van der Waals surface area contributed by atoms with Crippen molar-refractivity contribution in [2.24, 2.45) is 11.8 Å². The minimum atomic E-state index is 0.838. The molecule has 0 nitrogen and oxygen atoms in total. The van der Waals surface area contributed by atoms with E-state index in [-0.39, 0.29) is 0 Å². The van der Waals surface area contributed by atoms with E-state index in [1.807, 2.05) is 6.08 Å². The maximum atomic E-state index is 3.73. The van der Waals surface area contributed by atoms with Crippen molar-refractivity contribution >= 4 is 0 Å². The fourth-order valence-electron chi connectivity index (χ4n) is 1.34. The van der Waals surface area contributed by atoms with E-state index in [9.17, 15) is 0 Å². The van der Waals surface area contributed by atoms with E-state index in [0.717, 1.165) is 11.8 Å². The normalized spacial score (nSPS) is 13.6. The molecule has 0 spiro atoms. The van der Waals surface area contributed by atoms with E-state index in [1.54, 1.807) is 0 Å². The summed E-state index contributed by atoms with van der Waals surface area (Å²) in [5.41, 5.74) is 0. The predicted octanol–water partition coefficient (Wildman–Crippen LogP) is 3.63. The average Bonchev–Trinajstić information content (AvgIpc) is 1.89. The Morgan fingerprint density at radius 1 is 1.40 bits per heavy atom. The molecule has 0 aliphatic carbocycles. The molecule has 0 bridgehead atoms. The molecule has 0 radical (unpaired) electrons. The van der Waals surface area contributed by atoms with Crippen molar-refractivity contribution in [3.63, 3.8) is 0 Å². The van der Waals surface area contributed by atoms with Crippen molar-refractivity contribution < 1.29 is 0 Å². The zero-order chi connectivity index (χ0) is 7.98. The molecule has 0 amide bonds. The second kappa shape index (κ2) is 5.52. The maximum absolute atomic E-state index is 3.73. The van der Waals surface area contributed by atoms with Crippen molar-refractivity contribution in [1.82, 2.24) is 0 Å². The third kappa shape index (κ3) is 3.71. The van der Waals surface area contributed by atoms with Gasteiger partial charge >= 0.3 is 0 Å². The highest BCUT2D eigenvalue weighted by atomic mass is 14.1. The molecule has 0 unspecified atom stereocenters. The largest absolute Gasteiger partial charge is 0.103 e. The second-order valence-corrected chi connectivity index (χ2v) is 3.28. The Morgan fingerprint density at radius 2 is 2.00 bits per heavy atom. The third-order valence-corrected chi connectivity index (χ3v) is 2.21. The summed E-state index contributed by atoms with van der Waals surface area (Å²) in [5.74, 6) is 1.74. The van der Waals surface area contributed by atoms with E-state index in [0.29, 0.717) is 0 Å². The molecular formula is C10H20. The highest BCUT2D eigenvalue weighted by Gasteiger charge is 2.08. The standard InChI is InChI=1S/C10H20/c1-5-7-8-10(6-2)9(3)4/h5,9-10H,1,6-8H2,2-4H3/t10-/m1/s1. The van der Waals surface area contributed by atoms with Crippen molar-refractivity contribution in [1.29, 1.82) is 0 Å². The summed E-state index contributed by atoms with van der Waals surface area (Å²) < 4.78 is 0. The molecule has 0 N–H and O–H groups in total. The van der Waals surface area contributed by atoms with E-state index in [2.05, 4.69) is 27.4 Å². The van der Waals surface area contributed by atoms with Crippen LogP contribution in [0.25, 0.3) is 0 Å². The van der Waals surface area contributed by atoms with E-state index in [1.165, 1.54) is 19.3 Å². The Bertz CT molecular complexity index is 82.0. The minimum Gasteiger partial charge on any atom is -0.103 e. The first-order valence-electron chi connectivity index (χ1n) is 4.33. The summed E-state index contributed by atoms with van der Waals surface area (Å²) in [7, 11) is 0. The van der Waals surface area contributed by atoms with Gasteiger partial charge in [0.2, 0.25) is 0 Å². The molecule has 0 aromatic rings. The van der Waals surface area contributed by atoms with E-state index >= 15 is 0 Å². The van der Waals surface area contributed by atoms with E-state index in [4.69, 9.17) is 0 Å². The molecule has 0 fully saturated rings. The molecule has 10 heavy (non-hydrogen) atoms. The van der Waals surface area contributed by atoms with Crippen molar-refractivity contribution in [2.45, 2.75) is 40.0 Å². The average molecular weight is 140 g/mol. The summed E-state index contributed by atoms with van der Waals surface area (Å²) in [6.07, 6.45) is 5.82. The van der Waals surface area contributed by atoms with Crippen LogP contribution in [0, 0.1) is 11.8 Å². The van der Waals surface area contributed by atoms with Gasteiger partial charge in [-0.1, -0.05) is 33.3 Å². The lowest BCUT2D eigenvalue weighted by Crippen LogP contribution is -2.06. The number of allylic oxidation sites excluding steroid dienone is 1. The lowest BCUT2D eigenvalue weighted by molar-refractivity contribution is 0.351. The van der Waals surface area contributed by atoms with Gasteiger partial charge < -0.3 is 0 Å². The first-order chi connectivity index (χ1) is 4.72. The van der Waals surface area contributed by atoms with Gasteiger partial charge in [0.15, 0.2) is 0 Å². The molecule has 0 heterocycles. The molecule has 0 rings (SSSR count). The second-order valence-electron chi connectivity index (χ2n) is 3.28. The van der Waals surface area contributed by atoms with E-state index < -0.39 is 0 Å². The van der Waals surface area contributed by atoms with Crippen molar-refractivity contribution in [3.8, 4) is 0 Å². The Balaban J connectivity index is 3.49. The molecular weight excluding hydrogens is 120 g/mol. The van der Waals surface area contributed by atoms with Gasteiger partial charge in [0.25, 0.3) is 0 Å². The van der Waals surface area contributed by atoms with Gasteiger partial charge in [-0.05, 0) is 24.7 Å². The van der Waals surface area contributed by atoms with Gasteiger partial charge in [-0.3, -0.25) is 0 Å². The van der Waals surface area contributed by atoms with Gasteiger partial charge in [-0.2, -0.15) is 0 Å². The highest BCUT2D eigenvalue weighted by Crippen LogP contribution is 2.20.